The normalized spacial score (nSPS) is 19.5. The molecule has 1 aromatic rings. The summed E-state index contributed by atoms with van der Waals surface area (Å²) in [7, 11) is 1.72. The van der Waals surface area contributed by atoms with Crippen LogP contribution in [0.4, 0.5) is 5.69 Å². The Morgan fingerprint density at radius 3 is 2.95 bits per heavy atom. The van der Waals surface area contributed by atoms with Crippen molar-refractivity contribution in [2.45, 2.75) is 25.9 Å². The predicted octanol–water partition coefficient (Wildman–Crippen LogP) is 2.22. The van der Waals surface area contributed by atoms with Gasteiger partial charge in [-0.15, -0.1) is 0 Å². The summed E-state index contributed by atoms with van der Waals surface area (Å²) in [6.45, 7) is 7.85. The molecule has 4 nitrogen and oxygen atoms in total. The molecule has 0 aromatic heterocycles. The summed E-state index contributed by atoms with van der Waals surface area (Å²) in [4.78, 5) is 0. The Bertz CT molecular complexity index is 401. The third-order valence-electron chi connectivity index (χ3n) is 3.39. The van der Waals surface area contributed by atoms with E-state index in [4.69, 9.17) is 9.47 Å². The van der Waals surface area contributed by atoms with Crippen LogP contribution < -0.4 is 15.4 Å². The van der Waals surface area contributed by atoms with Crippen molar-refractivity contribution >= 4 is 5.69 Å². The van der Waals surface area contributed by atoms with Gasteiger partial charge in [0.05, 0.1) is 19.8 Å². The van der Waals surface area contributed by atoms with Crippen LogP contribution in [0, 0.1) is 0 Å². The minimum Gasteiger partial charge on any atom is -0.496 e. The van der Waals surface area contributed by atoms with Crippen LogP contribution in [-0.4, -0.2) is 39.5 Å². The number of hydrogen-bond acceptors (Lipinski definition) is 4. The molecule has 106 valence electrons. The number of benzene rings is 1. The fourth-order valence-corrected chi connectivity index (χ4v) is 2.28. The van der Waals surface area contributed by atoms with Gasteiger partial charge in [-0.25, -0.2) is 0 Å². The number of nitrogens with one attached hydrogen (secondary N) is 2. The van der Waals surface area contributed by atoms with Crippen LogP contribution in [0.3, 0.4) is 0 Å². The molecule has 1 aliphatic heterocycles. The van der Waals surface area contributed by atoms with E-state index in [1.165, 1.54) is 5.56 Å². The van der Waals surface area contributed by atoms with Crippen molar-refractivity contribution < 1.29 is 9.47 Å². The number of morpholine rings is 1. The maximum Gasteiger partial charge on any atom is 0.122 e. The molecule has 0 radical (unpaired) electrons. The average molecular weight is 264 g/mol. The average Bonchev–Trinajstić information content (AvgIpc) is 2.46. The van der Waals surface area contributed by atoms with Gasteiger partial charge in [0.15, 0.2) is 0 Å². The molecule has 1 aliphatic rings. The fourth-order valence-electron chi connectivity index (χ4n) is 2.28. The van der Waals surface area contributed by atoms with Crippen molar-refractivity contribution in [1.29, 1.82) is 0 Å². The molecule has 1 aromatic carbocycles. The van der Waals surface area contributed by atoms with Crippen LogP contribution in [-0.2, 0) is 4.74 Å². The van der Waals surface area contributed by atoms with Gasteiger partial charge >= 0.3 is 0 Å². The topological polar surface area (TPSA) is 42.5 Å². The first kappa shape index (κ1) is 14.2. The van der Waals surface area contributed by atoms with Gasteiger partial charge in [-0.2, -0.15) is 0 Å². The minimum absolute atomic E-state index is 0.248. The van der Waals surface area contributed by atoms with Gasteiger partial charge in [-0.3, -0.25) is 0 Å². The largest absolute Gasteiger partial charge is 0.496 e. The first-order valence-electron chi connectivity index (χ1n) is 6.95. The summed E-state index contributed by atoms with van der Waals surface area (Å²) in [5, 5.41) is 6.77. The second-order valence-electron chi connectivity index (χ2n) is 5.19. The highest BCUT2D eigenvalue weighted by Crippen LogP contribution is 2.29. The van der Waals surface area contributed by atoms with Crippen molar-refractivity contribution in [1.82, 2.24) is 5.32 Å². The summed E-state index contributed by atoms with van der Waals surface area (Å²) in [6, 6.07) is 6.25. The van der Waals surface area contributed by atoms with Crippen LogP contribution in [0.25, 0.3) is 0 Å². The lowest BCUT2D eigenvalue weighted by atomic mass is 10.0. The minimum atomic E-state index is 0.248. The van der Waals surface area contributed by atoms with Crippen LogP contribution in [0.2, 0.25) is 0 Å². The summed E-state index contributed by atoms with van der Waals surface area (Å²) in [6.07, 6.45) is 0.248. The Balaban J connectivity index is 1.98. The predicted molar refractivity (Wildman–Crippen MR) is 78.2 cm³/mol. The molecule has 0 saturated carbocycles. The smallest absolute Gasteiger partial charge is 0.122 e. The van der Waals surface area contributed by atoms with E-state index in [9.17, 15) is 0 Å². The Kier molecular flexibility index (Phi) is 5.05. The zero-order valence-electron chi connectivity index (χ0n) is 12.0. The third-order valence-corrected chi connectivity index (χ3v) is 3.39. The molecule has 0 bridgehead atoms. The number of anilines is 1. The van der Waals surface area contributed by atoms with Gasteiger partial charge < -0.3 is 20.1 Å². The Hall–Kier alpha value is -1.26. The van der Waals surface area contributed by atoms with Crippen molar-refractivity contribution in [2.75, 3.05) is 38.7 Å². The molecule has 1 unspecified atom stereocenters. The molecule has 19 heavy (non-hydrogen) atoms. The maximum absolute atomic E-state index is 5.67. The zero-order valence-corrected chi connectivity index (χ0v) is 12.0. The SMILES string of the molecule is COc1ccc(NCC2CNCCO2)cc1C(C)C. The molecule has 0 amide bonds. The van der Waals surface area contributed by atoms with Gasteiger partial charge in [0.25, 0.3) is 0 Å². The maximum atomic E-state index is 5.67. The first-order valence-corrected chi connectivity index (χ1v) is 6.95. The lowest BCUT2D eigenvalue weighted by Crippen LogP contribution is -2.42. The highest BCUT2D eigenvalue weighted by Gasteiger charge is 2.13. The summed E-state index contributed by atoms with van der Waals surface area (Å²) in [5.74, 6) is 1.40. The Labute approximate surface area is 115 Å². The molecule has 0 aliphatic carbocycles. The van der Waals surface area contributed by atoms with Gasteiger partial charge in [0.2, 0.25) is 0 Å². The molecular formula is C15H24N2O2. The van der Waals surface area contributed by atoms with Crippen molar-refractivity contribution in [3.63, 3.8) is 0 Å². The summed E-state index contributed by atoms with van der Waals surface area (Å²) in [5.41, 5.74) is 2.36. The van der Waals surface area contributed by atoms with E-state index in [1.54, 1.807) is 7.11 Å². The summed E-state index contributed by atoms with van der Waals surface area (Å²) < 4.78 is 11.1. The molecule has 1 heterocycles. The van der Waals surface area contributed by atoms with E-state index in [2.05, 4.69) is 36.6 Å². The highest BCUT2D eigenvalue weighted by atomic mass is 16.5. The lowest BCUT2D eigenvalue weighted by molar-refractivity contribution is 0.0372. The van der Waals surface area contributed by atoms with Gasteiger partial charge in [0.1, 0.15) is 5.75 Å². The molecule has 1 atom stereocenters. The quantitative estimate of drug-likeness (QED) is 0.856. The standard InChI is InChI=1S/C15H24N2O2/c1-11(2)14-8-12(4-5-15(14)18-3)17-10-13-9-16-6-7-19-13/h4-5,8,11,13,16-17H,6-7,9-10H2,1-3H3. The third kappa shape index (κ3) is 3.85. The van der Waals surface area contributed by atoms with Gasteiger partial charge in [-0.1, -0.05) is 13.8 Å². The van der Waals surface area contributed by atoms with Crippen LogP contribution >= 0.6 is 0 Å². The van der Waals surface area contributed by atoms with E-state index in [-0.39, 0.29) is 6.10 Å². The molecule has 0 spiro atoms. The number of hydrogen-bond donors (Lipinski definition) is 2. The van der Waals surface area contributed by atoms with Crippen LogP contribution in [0.1, 0.15) is 25.3 Å². The Morgan fingerprint density at radius 2 is 2.32 bits per heavy atom. The second-order valence-corrected chi connectivity index (χ2v) is 5.19. The monoisotopic (exact) mass is 264 g/mol. The zero-order chi connectivity index (χ0) is 13.7. The lowest BCUT2D eigenvalue weighted by Gasteiger charge is -2.24. The number of methoxy groups -OCH3 is 1. The van der Waals surface area contributed by atoms with Crippen molar-refractivity contribution in [2.24, 2.45) is 0 Å². The van der Waals surface area contributed by atoms with Crippen molar-refractivity contribution in [3.8, 4) is 5.75 Å². The number of rotatable bonds is 5. The molecule has 1 fully saturated rings. The molecular weight excluding hydrogens is 240 g/mol. The van der Waals surface area contributed by atoms with E-state index < -0.39 is 0 Å². The van der Waals surface area contributed by atoms with Crippen LogP contribution in [0.15, 0.2) is 18.2 Å². The molecule has 4 heteroatoms. The van der Waals surface area contributed by atoms with Crippen molar-refractivity contribution in [3.05, 3.63) is 23.8 Å². The van der Waals surface area contributed by atoms with E-state index in [1.807, 2.05) is 6.07 Å². The van der Waals surface area contributed by atoms with Crippen LogP contribution in [0.5, 0.6) is 5.75 Å². The van der Waals surface area contributed by atoms with E-state index in [0.29, 0.717) is 5.92 Å². The first-order chi connectivity index (χ1) is 9.20. The van der Waals surface area contributed by atoms with E-state index in [0.717, 1.165) is 37.7 Å². The fraction of sp³-hybridized carbons (Fsp3) is 0.600. The Morgan fingerprint density at radius 1 is 1.47 bits per heavy atom. The van der Waals surface area contributed by atoms with Gasteiger partial charge in [0, 0.05) is 25.3 Å². The highest BCUT2D eigenvalue weighted by molar-refractivity contribution is 5.52. The molecule has 2 rings (SSSR count). The molecule has 1 saturated heterocycles. The van der Waals surface area contributed by atoms with Gasteiger partial charge in [-0.05, 0) is 29.7 Å². The second kappa shape index (κ2) is 6.78. The summed E-state index contributed by atoms with van der Waals surface area (Å²) >= 11 is 0. The molecule has 2 N–H and O–H groups in total. The number of ether oxygens (including phenoxy) is 2. The van der Waals surface area contributed by atoms with E-state index >= 15 is 0 Å².